The lowest BCUT2D eigenvalue weighted by Crippen LogP contribution is -2.17. The van der Waals surface area contributed by atoms with Crippen LogP contribution in [0, 0.1) is 5.95 Å². The molecule has 60 valence electrons. The summed E-state index contributed by atoms with van der Waals surface area (Å²) < 4.78 is 12.8. The van der Waals surface area contributed by atoms with Crippen molar-refractivity contribution in [3.05, 3.63) is 29.8 Å². The smallest absolute Gasteiger partial charge is 0.218 e. The molecule has 0 saturated heterocycles. The molecule has 1 heterocycles. The van der Waals surface area contributed by atoms with Gasteiger partial charge in [-0.2, -0.15) is 4.39 Å². The molecule has 0 aromatic carbocycles. The second-order valence-electron chi connectivity index (χ2n) is 2.90. The molecule has 0 radical (unpaired) electrons. The Morgan fingerprint density at radius 1 is 1.55 bits per heavy atom. The van der Waals surface area contributed by atoms with Crippen LogP contribution in [-0.2, 0) is 5.60 Å². The van der Waals surface area contributed by atoms with Crippen molar-refractivity contribution < 1.29 is 9.50 Å². The van der Waals surface area contributed by atoms with Gasteiger partial charge in [0.25, 0.3) is 0 Å². The van der Waals surface area contributed by atoms with Crippen LogP contribution >= 0.6 is 0 Å². The normalized spacial score (nSPS) is 11.6. The van der Waals surface area contributed by atoms with Crippen molar-refractivity contribution in [3.8, 4) is 0 Å². The van der Waals surface area contributed by atoms with Crippen molar-refractivity contribution in [3.63, 3.8) is 0 Å². The average Bonchev–Trinajstić information content (AvgIpc) is 1.86. The Morgan fingerprint density at radius 3 is 2.55 bits per heavy atom. The van der Waals surface area contributed by atoms with E-state index in [4.69, 9.17) is 0 Å². The van der Waals surface area contributed by atoms with E-state index in [2.05, 4.69) is 4.98 Å². The average molecular weight is 155 g/mol. The zero-order valence-electron chi connectivity index (χ0n) is 6.50. The Hall–Kier alpha value is -0.960. The largest absolute Gasteiger partial charge is 0.386 e. The molecule has 0 saturated carbocycles. The highest BCUT2D eigenvalue weighted by molar-refractivity contribution is 5.17. The van der Waals surface area contributed by atoms with E-state index < -0.39 is 11.5 Å². The maximum atomic E-state index is 12.8. The van der Waals surface area contributed by atoms with E-state index in [1.807, 2.05) is 0 Å². The van der Waals surface area contributed by atoms with E-state index in [-0.39, 0.29) is 5.56 Å². The van der Waals surface area contributed by atoms with Crippen LogP contribution in [0.2, 0.25) is 0 Å². The number of aliphatic hydroxyl groups is 1. The summed E-state index contributed by atoms with van der Waals surface area (Å²) in [5, 5.41) is 9.39. The van der Waals surface area contributed by atoms with Gasteiger partial charge in [-0.15, -0.1) is 0 Å². The second kappa shape index (κ2) is 2.58. The van der Waals surface area contributed by atoms with E-state index in [1.165, 1.54) is 26.1 Å². The number of hydrogen-bond donors (Lipinski definition) is 1. The Balaban J connectivity index is 3.14. The first-order chi connectivity index (χ1) is 5.02. The van der Waals surface area contributed by atoms with Gasteiger partial charge in [0.05, 0.1) is 5.60 Å². The summed E-state index contributed by atoms with van der Waals surface area (Å²) in [6.07, 6.45) is 1.35. The molecule has 0 aliphatic carbocycles. The fraction of sp³-hybridized carbons (Fsp3) is 0.375. The molecule has 0 aliphatic rings. The monoisotopic (exact) mass is 155 g/mol. The van der Waals surface area contributed by atoms with Crippen molar-refractivity contribution in [2.75, 3.05) is 0 Å². The zero-order chi connectivity index (χ0) is 8.48. The lowest BCUT2D eigenvalue weighted by molar-refractivity contribution is 0.0736. The molecule has 1 aromatic heterocycles. The van der Waals surface area contributed by atoms with Gasteiger partial charge in [-0.25, -0.2) is 4.98 Å². The molecule has 1 aromatic rings. The summed E-state index contributed by atoms with van der Waals surface area (Å²) >= 11 is 0. The Bertz CT molecular complexity index is 255. The fourth-order valence-electron chi connectivity index (χ4n) is 0.842. The predicted molar refractivity (Wildman–Crippen MR) is 39.4 cm³/mol. The Labute approximate surface area is 64.7 Å². The third-order valence-electron chi connectivity index (χ3n) is 1.42. The van der Waals surface area contributed by atoms with Gasteiger partial charge >= 0.3 is 0 Å². The van der Waals surface area contributed by atoms with Crippen LogP contribution in [0.4, 0.5) is 4.39 Å². The zero-order valence-corrected chi connectivity index (χ0v) is 6.50. The third kappa shape index (κ3) is 1.74. The summed E-state index contributed by atoms with van der Waals surface area (Å²) in [5.74, 6) is -0.611. The topological polar surface area (TPSA) is 33.1 Å². The highest BCUT2D eigenvalue weighted by Gasteiger charge is 2.20. The second-order valence-corrected chi connectivity index (χ2v) is 2.90. The molecule has 11 heavy (non-hydrogen) atoms. The number of pyridine rings is 1. The van der Waals surface area contributed by atoms with Gasteiger partial charge in [0.2, 0.25) is 5.95 Å². The van der Waals surface area contributed by atoms with Crippen molar-refractivity contribution in [1.82, 2.24) is 4.98 Å². The first-order valence-corrected chi connectivity index (χ1v) is 3.35. The molecule has 1 rings (SSSR count). The van der Waals surface area contributed by atoms with E-state index in [0.717, 1.165) is 0 Å². The number of halogens is 1. The summed E-state index contributed by atoms with van der Waals surface area (Å²) in [6.45, 7) is 3.04. The molecule has 0 fully saturated rings. The van der Waals surface area contributed by atoms with E-state index in [0.29, 0.717) is 0 Å². The van der Waals surface area contributed by atoms with Gasteiger partial charge in [-0.05, 0) is 19.9 Å². The lowest BCUT2D eigenvalue weighted by Gasteiger charge is -2.16. The first kappa shape index (κ1) is 8.14. The van der Waals surface area contributed by atoms with Crippen LogP contribution in [0.1, 0.15) is 19.4 Å². The first-order valence-electron chi connectivity index (χ1n) is 3.35. The van der Waals surface area contributed by atoms with E-state index in [9.17, 15) is 9.50 Å². The fourth-order valence-corrected chi connectivity index (χ4v) is 0.842. The van der Waals surface area contributed by atoms with Gasteiger partial charge < -0.3 is 5.11 Å². The molecular formula is C8H10FNO. The molecule has 0 unspecified atom stereocenters. The standard InChI is InChI=1S/C8H10FNO/c1-8(2,11)6-4-3-5-10-7(6)9/h3-5,11H,1-2H3. The van der Waals surface area contributed by atoms with Gasteiger partial charge in [0.1, 0.15) is 0 Å². The minimum Gasteiger partial charge on any atom is -0.386 e. The van der Waals surface area contributed by atoms with Crippen LogP contribution in [0.15, 0.2) is 18.3 Å². The van der Waals surface area contributed by atoms with Crippen LogP contribution < -0.4 is 0 Å². The van der Waals surface area contributed by atoms with Gasteiger partial charge in [0, 0.05) is 11.8 Å². The summed E-state index contributed by atoms with van der Waals surface area (Å²) in [6, 6.07) is 3.11. The van der Waals surface area contributed by atoms with Crippen molar-refractivity contribution in [2.24, 2.45) is 0 Å². The quantitative estimate of drug-likeness (QED) is 0.622. The maximum absolute atomic E-state index is 12.8. The molecule has 0 bridgehead atoms. The van der Waals surface area contributed by atoms with Crippen LogP contribution in [0.3, 0.4) is 0 Å². The SMILES string of the molecule is CC(C)(O)c1cccnc1F. The lowest BCUT2D eigenvalue weighted by atomic mass is 10.0. The summed E-state index contributed by atoms with van der Waals surface area (Å²) in [4.78, 5) is 3.42. The number of aromatic nitrogens is 1. The number of hydrogen-bond acceptors (Lipinski definition) is 2. The maximum Gasteiger partial charge on any atom is 0.218 e. The molecule has 0 atom stereocenters. The third-order valence-corrected chi connectivity index (χ3v) is 1.42. The Morgan fingerprint density at radius 2 is 2.18 bits per heavy atom. The van der Waals surface area contributed by atoms with Crippen molar-refractivity contribution >= 4 is 0 Å². The van der Waals surface area contributed by atoms with E-state index >= 15 is 0 Å². The van der Waals surface area contributed by atoms with Gasteiger partial charge in [-0.3, -0.25) is 0 Å². The molecule has 2 nitrogen and oxygen atoms in total. The highest BCUT2D eigenvalue weighted by atomic mass is 19.1. The van der Waals surface area contributed by atoms with Crippen molar-refractivity contribution in [1.29, 1.82) is 0 Å². The highest BCUT2D eigenvalue weighted by Crippen LogP contribution is 2.20. The van der Waals surface area contributed by atoms with Crippen LogP contribution in [0.5, 0.6) is 0 Å². The number of rotatable bonds is 1. The van der Waals surface area contributed by atoms with Crippen LogP contribution in [-0.4, -0.2) is 10.1 Å². The summed E-state index contributed by atoms with van der Waals surface area (Å²) in [5.41, 5.74) is -0.932. The minimum absolute atomic E-state index is 0.222. The van der Waals surface area contributed by atoms with Gasteiger partial charge in [0.15, 0.2) is 0 Å². The minimum atomic E-state index is -1.15. The molecule has 3 heteroatoms. The molecule has 1 N–H and O–H groups in total. The summed E-state index contributed by atoms with van der Waals surface area (Å²) in [7, 11) is 0. The predicted octanol–water partition coefficient (Wildman–Crippen LogP) is 1.45. The Kier molecular flexibility index (Phi) is 1.91. The molecular weight excluding hydrogens is 145 g/mol. The number of nitrogens with zero attached hydrogens (tertiary/aromatic N) is 1. The molecule has 0 aliphatic heterocycles. The molecule has 0 spiro atoms. The van der Waals surface area contributed by atoms with Crippen molar-refractivity contribution in [2.45, 2.75) is 19.4 Å². The van der Waals surface area contributed by atoms with Gasteiger partial charge in [-0.1, -0.05) is 6.07 Å². The van der Waals surface area contributed by atoms with Crippen LogP contribution in [0.25, 0.3) is 0 Å². The molecule has 0 amide bonds. The van der Waals surface area contributed by atoms with E-state index in [1.54, 1.807) is 6.07 Å².